The van der Waals surface area contributed by atoms with Gasteiger partial charge in [-0.3, -0.25) is 0 Å². The van der Waals surface area contributed by atoms with Gasteiger partial charge in [-0.2, -0.15) is 11.8 Å². The van der Waals surface area contributed by atoms with E-state index < -0.39 is 0 Å². The Bertz CT molecular complexity index is 342. The lowest BCUT2D eigenvalue weighted by Gasteiger charge is -2.17. The second-order valence-electron chi connectivity index (χ2n) is 4.31. The van der Waals surface area contributed by atoms with Crippen LogP contribution in [0.15, 0.2) is 24.3 Å². The van der Waals surface area contributed by atoms with Crippen molar-refractivity contribution in [3.63, 3.8) is 0 Å². The third kappa shape index (κ3) is 2.71. The van der Waals surface area contributed by atoms with Gasteiger partial charge in [0.1, 0.15) is 5.75 Å². The molecule has 0 aliphatic carbocycles. The number of benzene rings is 1. The molecule has 0 amide bonds. The molecule has 88 valence electrons. The van der Waals surface area contributed by atoms with Gasteiger partial charge in [0, 0.05) is 23.9 Å². The van der Waals surface area contributed by atoms with Gasteiger partial charge in [-0.1, -0.05) is 25.1 Å². The molecule has 0 aromatic heterocycles. The van der Waals surface area contributed by atoms with E-state index in [1.165, 1.54) is 17.1 Å². The molecule has 1 aliphatic rings. The van der Waals surface area contributed by atoms with Crippen molar-refractivity contribution >= 4 is 11.8 Å². The van der Waals surface area contributed by atoms with E-state index in [1.807, 2.05) is 23.9 Å². The first-order valence-corrected chi connectivity index (χ1v) is 6.89. The van der Waals surface area contributed by atoms with Crippen LogP contribution in [0.25, 0.3) is 0 Å². The number of methoxy groups -OCH3 is 1. The maximum Gasteiger partial charge on any atom is 0.123 e. The molecule has 1 aliphatic heterocycles. The fourth-order valence-electron chi connectivity index (χ4n) is 2.01. The number of para-hydroxylation sites is 1. The molecule has 2 atom stereocenters. The first-order chi connectivity index (χ1) is 7.81. The van der Waals surface area contributed by atoms with Crippen molar-refractivity contribution in [2.24, 2.45) is 5.92 Å². The van der Waals surface area contributed by atoms with Crippen molar-refractivity contribution < 1.29 is 4.74 Å². The van der Waals surface area contributed by atoms with Gasteiger partial charge < -0.3 is 10.1 Å². The van der Waals surface area contributed by atoms with Crippen molar-refractivity contribution in [1.82, 2.24) is 5.32 Å². The summed E-state index contributed by atoms with van der Waals surface area (Å²) < 4.78 is 5.34. The molecule has 0 radical (unpaired) electrons. The fraction of sp³-hybridized carbons (Fsp3) is 0.538. The average molecular weight is 237 g/mol. The molecule has 1 fully saturated rings. The van der Waals surface area contributed by atoms with Gasteiger partial charge in [0.05, 0.1) is 7.11 Å². The molecule has 0 spiro atoms. The van der Waals surface area contributed by atoms with Crippen LogP contribution in [0, 0.1) is 5.92 Å². The van der Waals surface area contributed by atoms with Crippen LogP contribution < -0.4 is 10.1 Å². The highest BCUT2D eigenvalue weighted by atomic mass is 32.2. The first-order valence-electron chi connectivity index (χ1n) is 5.74. The highest BCUT2D eigenvalue weighted by Gasteiger charge is 2.23. The molecule has 0 saturated carbocycles. The van der Waals surface area contributed by atoms with Crippen LogP contribution in [0.2, 0.25) is 0 Å². The van der Waals surface area contributed by atoms with E-state index in [2.05, 4.69) is 24.4 Å². The molecule has 16 heavy (non-hydrogen) atoms. The Kier molecular flexibility index (Phi) is 4.13. The normalized spacial score (nSPS) is 24.6. The number of hydrogen-bond donors (Lipinski definition) is 1. The van der Waals surface area contributed by atoms with E-state index in [1.54, 1.807) is 7.11 Å². The van der Waals surface area contributed by atoms with Crippen LogP contribution in [0.5, 0.6) is 5.75 Å². The molecule has 0 bridgehead atoms. The summed E-state index contributed by atoms with van der Waals surface area (Å²) >= 11 is 2.04. The van der Waals surface area contributed by atoms with Gasteiger partial charge in [0.25, 0.3) is 0 Å². The van der Waals surface area contributed by atoms with E-state index in [9.17, 15) is 0 Å². The monoisotopic (exact) mass is 237 g/mol. The molecule has 1 N–H and O–H groups in total. The van der Waals surface area contributed by atoms with Crippen LogP contribution in [-0.2, 0) is 6.54 Å². The number of rotatable bonds is 4. The van der Waals surface area contributed by atoms with Crippen molar-refractivity contribution in [3.8, 4) is 5.75 Å². The van der Waals surface area contributed by atoms with Gasteiger partial charge >= 0.3 is 0 Å². The van der Waals surface area contributed by atoms with Crippen molar-refractivity contribution in [3.05, 3.63) is 29.8 Å². The average Bonchev–Trinajstić information content (AvgIpc) is 2.72. The molecular weight excluding hydrogens is 218 g/mol. The Balaban J connectivity index is 1.93. The van der Waals surface area contributed by atoms with E-state index in [0.29, 0.717) is 6.04 Å². The van der Waals surface area contributed by atoms with Crippen LogP contribution in [-0.4, -0.2) is 24.7 Å². The Labute approximate surface area is 102 Å². The Morgan fingerprint density at radius 2 is 2.19 bits per heavy atom. The number of nitrogens with one attached hydrogen (secondary N) is 1. The molecule has 1 aromatic carbocycles. The van der Waals surface area contributed by atoms with E-state index in [0.717, 1.165) is 18.2 Å². The molecular formula is C13H19NOS. The van der Waals surface area contributed by atoms with Crippen molar-refractivity contribution in [1.29, 1.82) is 0 Å². The quantitative estimate of drug-likeness (QED) is 0.869. The van der Waals surface area contributed by atoms with E-state index in [-0.39, 0.29) is 0 Å². The third-order valence-electron chi connectivity index (χ3n) is 3.11. The van der Waals surface area contributed by atoms with E-state index in [4.69, 9.17) is 4.74 Å². The molecule has 2 rings (SSSR count). The van der Waals surface area contributed by atoms with E-state index >= 15 is 0 Å². The molecule has 1 heterocycles. The lowest BCUT2D eigenvalue weighted by Crippen LogP contribution is -2.33. The maximum atomic E-state index is 5.34. The lowest BCUT2D eigenvalue weighted by atomic mass is 10.1. The number of ether oxygens (including phenoxy) is 1. The van der Waals surface area contributed by atoms with Crippen LogP contribution >= 0.6 is 11.8 Å². The zero-order valence-corrected chi connectivity index (χ0v) is 10.7. The molecule has 1 aromatic rings. The summed E-state index contributed by atoms with van der Waals surface area (Å²) in [5, 5.41) is 3.62. The zero-order chi connectivity index (χ0) is 11.4. The second kappa shape index (κ2) is 5.60. The Hall–Kier alpha value is -0.670. The van der Waals surface area contributed by atoms with Crippen LogP contribution in [0.4, 0.5) is 0 Å². The lowest BCUT2D eigenvalue weighted by molar-refractivity contribution is 0.400. The highest BCUT2D eigenvalue weighted by molar-refractivity contribution is 7.99. The predicted octanol–water partition coefficient (Wildman–Crippen LogP) is 2.54. The molecule has 2 nitrogen and oxygen atoms in total. The van der Waals surface area contributed by atoms with Gasteiger partial charge in [-0.05, 0) is 17.7 Å². The minimum atomic E-state index is 0.648. The van der Waals surface area contributed by atoms with Gasteiger partial charge in [-0.25, -0.2) is 0 Å². The predicted molar refractivity (Wildman–Crippen MR) is 70.1 cm³/mol. The summed E-state index contributed by atoms with van der Waals surface area (Å²) in [5.41, 5.74) is 1.24. The second-order valence-corrected chi connectivity index (χ2v) is 5.39. The SMILES string of the molecule is COc1ccccc1CNC1CSCC1C. The minimum absolute atomic E-state index is 0.648. The summed E-state index contributed by atoms with van der Waals surface area (Å²) in [6.45, 7) is 3.22. The molecule has 3 heteroatoms. The number of hydrogen-bond acceptors (Lipinski definition) is 3. The molecule has 1 saturated heterocycles. The summed E-state index contributed by atoms with van der Waals surface area (Å²) in [7, 11) is 1.73. The smallest absolute Gasteiger partial charge is 0.123 e. The Morgan fingerprint density at radius 1 is 1.38 bits per heavy atom. The molecule has 2 unspecified atom stereocenters. The van der Waals surface area contributed by atoms with Crippen LogP contribution in [0.1, 0.15) is 12.5 Å². The van der Waals surface area contributed by atoms with Gasteiger partial charge in [0.2, 0.25) is 0 Å². The van der Waals surface area contributed by atoms with Crippen LogP contribution in [0.3, 0.4) is 0 Å². The highest BCUT2D eigenvalue weighted by Crippen LogP contribution is 2.24. The first kappa shape index (κ1) is 11.8. The summed E-state index contributed by atoms with van der Waals surface area (Å²) in [6.07, 6.45) is 0. The zero-order valence-electron chi connectivity index (χ0n) is 9.90. The maximum absolute atomic E-state index is 5.34. The largest absolute Gasteiger partial charge is 0.496 e. The van der Waals surface area contributed by atoms with Gasteiger partial charge in [0.15, 0.2) is 0 Å². The summed E-state index contributed by atoms with van der Waals surface area (Å²) in [4.78, 5) is 0. The third-order valence-corrected chi connectivity index (χ3v) is 4.47. The van der Waals surface area contributed by atoms with Gasteiger partial charge in [-0.15, -0.1) is 0 Å². The van der Waals surface area contributed by atoms with Crippen molar-refractivity contribution in [2.45, 2.75) is 19.5 Å². The van der Waals surface area contributed by atoms with Crippen molar-refractivity contribution in [2.75, 3.05) is 18.6 Å². The standard InChI is InChI=1S/C13H19NOS/c1-10-8-16-9-12(10)14-7-11-5-3-4-6-13(11)15-2/h3-6,10,12,14H,7-9H2,1-2H3. The topological polar surface area (TPSA) is 21.3 Å². The summed E-state index contributed by atoms with van der Waals surface area (Å²) in [5.74, 6) is 4.27. The summed E-state index contributed by atoms with van der Waals surface area (Å²) in [6, 6.07) is 8.86. The minimum Gasteiger partial charge on any atom is -0.496 e. The number of thioether (sulfide) groups is 1. The Morgan fingerprint density at radius 3 is 2.88 bits per heavy atom. The fourth-order valence-corrected chi connectivity index (χ4v) is 3.45.